The monoisotopic (exact) mass is 260 g/mol. The summed E-state index contributed by atoms with van der Waals surface area (Å²) in [6.45, 7) is 10.3. The maximum atomic E-state index is 3.72. The molecule has 1 aliphatic rings. The van der Waals surface area contributed by atoms with Crippen molar-refractivity contribution >= 4 is 0 Å². The van der Waals surface area contributed by atoms with Crippen molar-refractivity contribution in [2.75, 3.05) is 26.7 Å². The highest BCUT2D eigenvalue weighted by atomic mass is 15.1. The van der Waals surface area contributed by atoms with Crippen LogP contribution in [0.4, 0.5) is 0 Å². The van der Waals surface area contributed by atoms with E-state index in [1.807, 2.05) is 0 Å². The first kappa shape index (κ1) is 14.5. The molecular formula is C17H28N2. The van der Waals surface area contributed by atoms with Gasteiger partial charge in [-0.1, -0.05) is 29.3 Å². The van der Waals surface area contributed by atoms with Gasteiger partial charge in [-0.15, -0.1) is 0 Å². The SMILES string of the molecule is Cc1cc(C)cc(C(C)NCC2CCN(C)CC2)c1. The van der Waals surface area contributed by atoms with Gasteiger partial charge in [-0.3, -0.25) is 0 Å². The fourth-order valence-electron chi connectivity index (χ4n) is 2.99. The van der Waals surface area contributed by atoms with Crippen LogP contribution in [0.15, 0.2) is 18.2 Å². The first-order valence-corrected chi connectivity index (χ1v) is 7.54. The summed E-state index contributed by atoms with van der Waals surface area (Å²) in [4.78, 5) is 2.43. The average molecular weight is 260 g/mol. The second kappa shape index (κ2) is 6.53. The van der Waals surface area contributed by atoms with E-state index in [2.05, 4.69) is 56.2 Å². The summed E-state index contributed by atoms with van der Waals surface area (Å²) >= 11 is 0. The first-order valence-electron chi connectivity index (χ1n) is 7.54. The van der Waals surface area contributed by atoms with Crippen LogP contribution in [0.1, 0.15) is 42.5 Å². The summed E-state index contributed by atoms with van der Waals surface area (Å²) in [6.07, 6.45) is 2.67. The number of hydrogen-bond acceptors (Lipinski definition) is 2. The van der Waals surface area contributed by atoms with E-state index in [-0.39, 0.29) is 0 Å². The lowest BCUT2D eigenvalue weighted by atomic mass is 9.96. The Labute approximate surface area is 118 Å². The van der Waals surface area contributed by atoms with Crippen LogP contribution in [0.2, 0.25) is 0 Å². The van der Waals surface area contributed by atoms with Gasteiger partial charge in [-0.05, 0) is 71.8 Å². The Hall–Kier alpha value is -0.860. The van der Waals surface area contributed by atoms with Crippen molar-refractivity contribution in [3.05, 3.63) is 34.9 Å². The standard InChI is InChI=1S/C17H28N2/c1-13-9-14(2)11-17(10-13)15(3)18-12-16-5-7-19(4)8-6-16/h9-11,15-16,18H,5-8,12H2,1-4H3. The van der Waals surface area contributed by atoms with Gasteiger partial charge in [0.05, 0.1) is 0 Å². The zero-order valence-electron chi connectivity index (χ0n) is 12.9. The highest BCUT2D eigenvalue weighted by Crippen LogP contribution is 2.19. The molecule has 0 spiro atoms. The molecule has 19 heavy (non-hydrogen) atoms. The van der Waals surface area contributed by atoms with Crippen molar-refractivity contribution < 1.29 is 0 Å². The molecule has 0 radical (unpaired) electrons. The lowest BCUT2D eigenvalue weighted by Crippen LogP contribution is -2.35. The van der Waals surface area contributed by atoms with Crippen LogP contribution >= 0.6 is 0 Å². The van der Waals surface area contributed by atoms with Crippen molar-refractivity contribution in [1.29, 1.82) is 0 Å². The van der Waals surface area contributed by atoms with Gasteiger partial charge in [0.25, 0.3) is 0 Å². The second-order valence-corrected chi connectivity index (χ2v) is 6.30. The number of benzene rings is 1. The Balaban J connectivity index is 1.85. The molecule has 0 saturated carbocycles. The van der Waals surface area contributed by atoms with E-state index in [0.29, 0.717) is 6.04 Å². The molecule has 1 heterocycles. The molecule has 0 amide bonds. The van der Waals surface area contributed by atoms with Crippen molar-refractivity contribution in [2.24, 2.45) is 5.92 Å². The van der Waals surface area contributed by atoms with Crippen LogP contribution < -0.4 is 5.32 Å². The molecule has 106 valence electrons. The summed E-state index contributed by atoms with van der Waals surface area (Å²) in [5.74, 6) is 0.851. The fourth-order valence-corrected chi connectivity index (χ4v) is 2.99. The summed E-state index contributed by atoms with van der Waals surface area (Å²) < 4.78 is 0. The lowest BCUT2D eigenvalue weighted by molar-refractivity contribution is 0.213. The third-order valence-corrected chi connectivity index (χ3v) is 4.29. The Morgan fingerprint density at radius 2 is 1.74 bits per heavy atom. The van der Waals surface area contributed by atoms with Gasteiger partial charge in [0.1, 0.15) is 0 Å². The number of aryl methyl sites for hydroxylation is 2. The molecule has 1 unspecified atom stereocenters. The van der Waals surface area contributed by atoms with Gasteiger partial charge < -0.3 is 10.2 Å². The van der Waals surface area contributed by atoms with Gasteiger partial charge in [-0.25, -0.2) is 0 Å². The molecule has 2 heteroatoms. The first-order chi connectivity index (χ1) is 9.04. The third kappa shape index (κ3) is 4.32. The van der Waals surface area contributed by atoms with E-state index < -0.39 is 0 Å². The van der Waals surface area contributed by atoms with E-state index in [4.69, 9.17) is 0 Å². The van der Waals surface area contributed by atoms with Crippen LogP contribution in [-0.2, 0) is 0 Å². The highest BCUT2D eigenvalue weighted by Gasteiger charge is 2.17. The second-order valence-electron chi connectivity index (χ2n) is 6.30. The Morgan fingerprint density at radius 3 is 2.32 bits per heavy atom. The van der Waals surface area contributed by atoms with E-state index >= 15 is 0 Å². The average Bonchev–Trinajstić information content (AvgIpc) is 2.36. The van der Waals surface area contributed by atoms with Crippen LogP contribution in [0.25, 0.3) is 0 Å². The molecule has 2 rings (SSSR count). The van der Waals surface area contributed by atoms with E-state index in [1.54, 1.807) is 0 Å². The van der Waals surface area contributed by atoms with Crippen LogP contribution in [-0.4, -0.2) is 31.6 Å². The predicted molar refractivity (Wildman–Crippen MR) is 82.6 cm³/mol. The largest absolute Gasteiger partial charge is 0.310 e. The van der Waals surface area contributed by atoms with E-state index in [0.717, 1.165) is 12.5 Å². The van der Waals surface area contributed by atoms with Gasteiger partial charge in [0, 0.05) is 6.04 Å². The zero-order valence-corrected chi connectivity index (χ0v) is 12.9. The molecule has 1 aromatic carbocycles. The van der Waals surface area contributed by atoms with Crippen molar-refractivity contribution in [3.8, 4) is 0 Å². The molecule has 1 aliphatic heterocycles. The summed E-state index contributed by atoms with van der Waals surface area (Å²) in [5.41, 5.74) is 4.15. The van der Waals surface area contributed by atoms with Crippen molar-refractivity contribution in [2.45, 2.75) is 39.7 Å². The molecule has 2 nitrogen and oxygen atoms in total. The number of likely N-dealkylation sites (tertiary alicyclic amines) is 1. The topological polar surface area (TPSA) is 15.3 Å². The predicted octanol–water partition coefficient (Wildman–Crippen LogP) is 3.30. The minimum absolute atomic E-state index is 0.457. The summed E-state index contributed by atoms with van der Waals surface area (Å²) in [7, 11) is 2.22. The van der Waals surface area contributed by atoms with Crippen molar-refractivity contribution in [1.82, 2.24) is 10.2 Å². The molecule has 1 saturated heterocycles. The van der Waals surface area contributed by atoms with Crippen LogP contribution in [0, 0.1) is 19.8 Å². The minimum atomic E-state index is 0.457. The van der Waals surface area contributed by atoms with Gasteiger partial charge in [-0.2, -0.15) is 0 Å². The molecule has 0 aliphatic carbocycles. The molecule has 1 fully saturated rings. The Morgan fingerprint density at radius 1 is 1.16 bits per heavy atom. The van der Waals surface area contributed by atoms with Crippen LogP contribution in [0.3, 0.4) is 0 Å². The number of nitrogens with zero attached hydrogens (tertiary/aromatic N) is 1. The Bertz CT molecular complexity index is 385. The molecule has 0 aromatic heterocycles. The maximum Gasteiger partial charge on any atom is 0.0292 e. The van der Waals surface area contributed by atoms with E-state index in [1.165, 1.54) is 42.6 Å². The summed E-state index contributed by atoms with van der Waals surface area (Å²) in [5, 5.41) is 3.72. The normalized spacial score (nSPS) is 19.6. The minimum Gasteiger partial charge on any atom is -0.310 e. The molecule has 1 atom stereocenters. The molecule has 1 N–H and O–H groups in total. The number of piperidine rings is 1. The van der Waals surface area contributed by atoms with Crippen LogP contribution in [0.5, 0.6) is 0 Å². The van der Waals surface area contributed by atoms with Gasteiger partial charge >= 0.3 is 0 Å². The third-order valence-electron chi connectivity index (χ3n) is 4.29. The van der Waals surface area contributed by atoms with Gasteiger partial charge in [0.15, 0.2) is 0 Å². The fraction of sp³-hybridized carbons (Fsp3) is 0.647. The van der Waals surface area contributed by atoms with E-state index in [9.17, 15) is 0 Å². The number of nitrogens with one attached hydrogen (secondary N) is 1. The quantitative estimate of drug-likeness (QED) is 0.893. The smallest absolute Gasteiger partial charge is 0.0292 e. The van der Waals surface area contributed by atoms with Gasteiger partial charge in [0.2, 0.25) is 0 Å². The maximum absolute atomic E-state index is 3.72. The number of rotatable bonds is 4. The molecule has 1 aromatic rings. The molecular weight excluding hydrogens is 232 g/mol. The lowest BCUT2D eigenvalue weighted by Gasteiger charge is -2.30. The Kier molecular flexibility index (Phi) is 5.00. The summed E-state index contributed by atoms with van der Waals surface area (Å²) in [6, 6.07) is 7.31. The van der Waals surface area contributed by atoms with Crippen molar-refractivity contribution in [3.63, 3.8) is 0 Å². The molecule has 0 bridgehead atoms. The highest BCUT2D eigenvalue weighted by molar-refractivity contribution is 5.30. The number of hydrogen-bond donors (Lipinski definition) is 1. The zero-order chi connectivity index (χ0) is 13.8.